The third-order valence-electron chi connectivity index (χ3n) is 4.92. The van der Waals surface area contributed by atoms with Gasteiger partial charge in [0.15, 0.2) is 5.96 Å². The summed E-state index contributed by atoms with van der Waals surface area (Å²) in [6.07, 6.45) is 6.34. The second kappa shape index (κ2) is 9.87. The highest BCUT2D eigenvalue weighted by atomic mass is 16.5. The van der Waals surface area contributed by atoms with Crippen molar-refractivity contribution in [2.75, 3.05) is 45.9 Å². The van der Waals surface area contributed by atoms with Crippen LogP contribution in [0.25, 0.3) is 0 Å². The van der Waals surface area contributed by atoms with E-state index in [-0.39, 0.29) is 0 Å². The van der Waals surface area contributed by atoms with Crippen LogP contribution in [0.2, 0.25) is 0 Å². The lowest BCUT2D eigenvalue weighted by atomic mass is 10.0. The highest BCUT2D eigenvalue weighted by Crippen LogP contribution is 2.48. The van der Waals surface area contributed by atoms with E-state index in [1.54, 1.807) is 0 Å². The van der Waals surface area contributed by atoms with Gasteiger partial charge >= 0.3 is 0 Å². The summed E-state index contributed by atoms with van der Waals surface area (Å²) in [4.78, 5) is 18.3. The summed E-state index contributed by atoms with van der Waals surface area (Å²) in [6.45, 7) is 10.1. The number of likely N-dealkylation sites (tertiary alicyclic amines) is 1. The average Bonchev–Trinajstić information content (AvgIpc) is 3.23. The fourth-order valence-corrected chi connectivity index (χ4v) is 3.10. The van der Waals surface area contributed by atoms with Crippen molar-refractivity contribution in [3.8, 4) is 0 Å². The van der Waals surface area contributed by atoms with Crippen LogP contribution in [0.1, 0.15) is 52.4 Å². The second-order valence-electron chi connectivity index (χ2n) is 6.91. The Bertz CT molecular complexity index is 421. The minimum Gasteiger partial charge on any atom is -0.382 e. The molecule has 2 fully saturated rings. The lowest BCUT2D eigenvalue weighted by Gasteiger charge is -2.17. The maximum Gasteiger partial charge on any atom is 0.222 e. The first-order valence-corrected chi connectivity index (χ1v) is 9.57. The number of carbonyl (C=O) groups excluding carboxylic acids is 1. The molecule has 24 heavy (non-hydrogen) atoms. The fraction of sp³-hybridized carbons (Fsp3) is 0.889. The van der Waals surface area contributed by atoms with Gasteiger partial charge in [-0.15, -0.1) is 0 Å². The molecule has 0 radical (unpaired) electrons. The number of amides is 1. The van der Waals surface area contributed by atoms with Crippen LogP contribution >= 0.6 is 0 Å². The van der Waals surface area contributed by atoms with Gasteiger partial charge in [0.2, 0.25) is 5.91 Å². The van der Waals surface area contributed by atoms with Crippen LogP contribution in [0.15, 0.2) is 4.99 Å². The third kappa shape index (κ3) is 6.30. The Kier molecular flexibility index (Phi) is 7.82. The summed E-state index contributed by atoms with van der Waals surface area (Å²) in [6, 6.07) is 0. The first-order valence-electron chi connectivity index (χ1n) is 9.57. The maximum atomic E-state index is 11.6. The molecule has 2 N–H and O–H groups in total. The van der Waals surface area contributed by atoms with Crippen molar-refractivity contribution in [3.05, 3.63) is 0 Å². The Morgan fingerprint density at radius 3 is 2.79 bits per heavy atom. The minimum atomic E-state index is 0.306. The fourth-order valence-electron chi connectivity index (χ4n) is 3.10. The van der Waals surface area contributed by atoms with Crippen molar-refractivity contribution >= 4 is 11.9 Å². The van der Waals surface area contributed by atoms with Crippen LogP contribution in [0, 0.1) is 5.41 Å². The van der Waals surface area contributed by atoms with E-state index < -0.39 is 0 Å². The lowest BCUT2D eigenvalue weighted by Crippen LogP contribution is -2.39. The molecule has 1 heterocycles. The van der Waals surface area contributed by atoms with Gasteiger partial charge in [0.25, 0.3) is 0 Å². The summed E-state index contributed by atoms with van der Waals surface area (Å²) in [7, 11) is 0. The van der Waals surface area contributed by atoms with Crippen molar-refractivity contribution in [2.45, 2.75) is 52.4 Å². The quantitative estimate of drug-likeness (QED) is 0.342. The maximum absolute atomic E-state index is 11.6. The summed E-state index contributed by atoms with van der Waals surface area (Å²) in [5, 5.41) is 6.71. The van der Waals surface area contributed by atoms with Crippen molar-refractivity contribution in [1.82, 2.24) is 15.5 Å². The molecule has 1 amide bonds. The zero-order valence-electron chi connectivity index (χ0n) is 15.4. The minimum absolute atomic E-state index is 0.306. The number of ether oxygens (including phenoxy) is 1. The zero-order chi connectivity index (χ0) is 17.3. The van der Waals surface area contributed by atoms with Crippen LogP contribution in [-0.4, -0.2) is 62.7 Å². The SMILES string of the molecule is CCNC(=NCC1(CCOCC)CC1)NCCCN1CCCC1=O. The number of hydrogen-bond acceptors (Lipinski definition) is 3. The van der Waals surface area contributed by atoms with Gasteiger partial charge in [-0.3, -0.25) is 9.79 Å². The molecule has 1 saturated carbocycles. The largest absolute Gasteiger partial charge is 0.382 e. The predicted octanol–water partition coefficient (Wildman–Crippen LogP) is 1.76. The normalized spacial score (nSPS) is 19.7. The van der Waals surface area contributed by atoms with Gasteiger partial charge in [-0.05, 0) is 51.4 Å². The third-order valence-corrected chi connectivity index (χ3v) is 4.92. The van der Waals surface area contributed by atoms with Gasteiger partial charge in [-0.2, -0.15) is 0 Å². The number of carbonyl (C=O) groups is 1. The van der Waals surface area contributed by atoms with Crippen molar-refractivity contribution < 1.29 is 9.53 Å². The molecule has 6 nitrogen and oxygen atoms in total. The molecule has 1 aliphatic carbocycles. The van der Waals surface area contributed by atoms with Crippen LogP contribution in [0.5, 0.6) is 0 Å². The van der Waals surface area contributed by atoms with Gasteiger partial charge in [0.1, 0.15) is 0 Å². The molecular weight excluding hydrogens is 304 g/mol. The van der Waals surface area contributed by atoms with Crippen LogP contribution in [0.4, 0.5) is 0 Å². The topological polar surface area (TPSA) is 66.0 Å². The van der Waals surface area contributed by atoms with Crippen LogP contribution in [0.3, 0.4) is 0 Å². The molecule has 0 aromatic heterocycles. The van der Waals surface area contributed by atoms with E-state index in [2.05, 4.69) is 17.6 Å². The van der Waals surface area contributed by atoms with Crippen molar-refractivity contribution in [2.24, 2.45) is 10.4 Å². The Morgan fingerprint density at radius 2 is 2.17 bits per heavy atom. The number of aliphatic imine (C=N–C) groups is 1. The Hall–Kier alpha value is -1.30. The second-order valence-corrected chi connectivity index (χ2v) is 6.91. The standard InChI is InChI=1S/C18H34N4O2/c1-3-19-17(20-11-6-13-22-12-5-7-16(22)23)21-15-18(8-9-18)10-14-24-4-2/h3-15H2,1-2H3,(H2,19,20,21). The van der Waals surface area contributed by atoms with Crippen LogP contribution in [-0.2, 0) is 9.53 Å². The number of rotatable bonds is 11. The van der Waals surface area contributed by atoms with E-state index in [9.17, 15) is 4.79 Å². The summed E-state index contributed by atoms with van der Waals surface area (Å²) >= 11 is 0. The van der Waals surface area contributed by atoms with Gasteiger partial charge in [-0.25, -0.2) is 0 Å². The molecule has 2 aliphatic rings. The smallest absolute Gasteiger partial charge is 0.222 e. The summed E-state index contributed by atoms with van der Waals surface area (Å²) < 4.78 is 5.49. The molecule has 138 valence electrons. The molecule has 0 aromatic rings. The summed E-state index contributed by atoms with van der Waals surface area (Å²) in [5.74, 6) is 1.20. The highest BCUT2D eigenvalue weighted by Gasteiger charge is 2.41. The van der Waals surface area contributed by atoms with Gasteiger partial charge in [-0.1, -0.05) is 0 Å². The summed E-state index contributed by atoms with van der Waals surface area (Å²) in [5.41, 5.74) is 0.374. The average molecular weight is 338 g/mol. The van der Waals surface area contributed by atoms with Crippen molar-refractivity contribution in [1.29, 1.82) is 0 Å². The van der Waals surface area contributed by atoms with Gasteiger partial charge in [0.05, 0.1) is 0 Å². The predicted molar refractivity (Wildman–Crippen MR) is 97.2 cm³/mol. The molecule has 0 unspecified atom stereocenters. The molecule has 2 rings (SSSR count). The molecule has 0 bridgehead atoms. The Balaban J connectivity index is 1.67. The first kappa shape index (κ1) is 19.0. The highest BCUT2D eigenvalue weighted by molar-refractivity contribution is 5.80. The number of hydrogen-bond donors (Lipinski definition) is 2. The molecule has 1 saturated heterocycles. The monoisotopic (exact) mass is 338 g/mol. The number of guanidine groups is 1. The van der Waals surface area contributed by atoms with E-state index in [0.717, 1.165) is 77.6 Å². The Morgan fingerprint density at radius 1 is 1.33 bits per heavy atom. The number of nitrogens with zero attached hydrogens (tertiary/aromatic N) is 2. The van der Waals surface area contributed by atoms with Crippen LogP contribution < -0.4 is 10.6 Å². The first-order chi connectivity index (χ1) is 11.7. The van der Waals surface area contributed by atoms with E-state index in [4.69, 9.17) is 9.73 Å². The van der Waals surface area contributed by atoms with E-state index in [1.165, 1.54) is 12.8 Å². The molecule has 1 aliphatic heterocycles. The zero-order valence-corrected chi connectivity index (χ0v) is 15.4. The van der Waals surface area contributed by atoms with Crippen molar-refractivity contribution in [3.63, 3.8) is 0 Å². The molecule has 6 heteroatoms. The molecular formula is C18H34N4O2. The number of nitrogens with one attached hydrogen (secondary N) is 2. The Labute approximate surface area is 146 Å². The van der Waals surface area contributed by atoms with Gasteiger partial charge in [0, 0.05) is 52.4 Å². The molecule has 0 atom stereocenters. The van der Waals surface area contributed by atoms with E-state index in [0.29, 0.717) is 11.3 Å². The van der Waals surface area contributed by atoms with E-state index >= 15 is 0 Å². The van der Waals surface area contributed by atoms with Gasteiger partial charge < -0.3 is 20.3 Å². The lowest BCUT2D eigenvalue weighted by molar-refractivity contribution is -0.127. The molecule has 0 spiro atoms. The van der Waals surface area contributed by atoms with E-state index in [1.807, 2.05) is 11.8 Å². The molecule has 0 aromatic carbocycles.